The fourth-order valence-corrected chi connectivity index (χ4v) is 3.43. The molecule has 118 valence electrons. The average molecular weight is 291 g/mol. The first kappa shape index (κ1) is 16.4. The molecule has 2 unspecified atom stereocenters. The summed E-state index contributed by atoms with van der Waals surface area (Å²) in [5.41, 5.74) is 0.756. The molecule has 4 heteroatoms. The normalized spacial score (nSPS) is 22.6. The van der Waals surface area contributed by atoms with Crippen LogP contribution in [0.3, 0.4) is 0 Å². The number of benzene rings is 1. The summed E-state index contributed by atoms with van der Waals surface area (Å²) in [6, 6.07) is 10.2. The van der Waals surface area contributed by atoms with Crippen LogP contribution in [0.4, 0.5) is 0 Å². The molecular weight excluding hydrogens is 262 g/mol. The van der Waals surface area contributed by atoms with Gasteiger partial charge < -0.3 is 20.2 Å². The molecule has 0 saturated carbocycles. The Kier molecular flexibility index (Phi) is 5.76. The van der Waals surface area contributed by atoms with Crippen molar-refractivity contribution in [2.24, 2.45) is 5.92 Å². The van der Waals surface area contributed by atoms with Gasteiger partial charge in [-0.1, -0.05) is 30.3 Å². The topological polar surface area (TPSA) is 38.7 Å². The number of hydrogen-bond donors (Lipinski definition) is 2. The molecule has 0 aliphatic carbocycles. The highest BCUT2D eigenvalue weighted by Gasteiger charge is 2.32. The molecule has 2 N–H and O–H groups in total. The Balaban J connectivity index is 2.02. The van der Waals surface area contributed by atoms with E-state index in [1.54, 1.807) is 0 Å². The van der Waals surface area contributed by atoms with Crippen LogP contribution in [0, 0.1) is 5.92 Å². The lowest BCUT2D eigenvalue weighted by Gasteiger charge is -2.37. The molecular formula is C17H29N3O. The summed E-state index contributed by atoms with van der Waals surface area (Å²) in [5.74, 6) is 0.740. The SMILES string of the molecule is CNC(CO)(CN(C)CC1CCN(C)C1)c1ccccc1. The molecule has 1 aliphatic heterocycles. The van der Waals surface area contributed by atoms with Crippen molar-refractivity contribution >= 4 is 0 Å². The number of aliphatic hydroxyl groups is 1. The van der Waals surface area contributed by atoms with E-state index in [0.717, 1.165) is 24.6 Å². The average Bonchev–Trinajstić information content (AvgIpc) is 2.91. The maximum Gasteiger partial charge on any atom is 0.0795 e. The highest BCUT2D eigenvalue weighted by atomic mass is 16.3. The van der Waals surface area contributed by atoms with Gasteiger partial charge in [0.2, 0.25) is 0 Å². The van der Waals surface area contributed by atoms with E-state index in [0.29, 0.717) is 0 Å². The molecule has 1 heterocycles. The van der Waals surface area contributed by atoms with Gasteiger partial charge in [-0.3, -0.25) is 0 Å². The van der Waals surface area contributed by atoms with Gasteiger partial charge in [-0.05, 0) is 45.6 Å². The first-order valence-corrected chi connectivity index (χ1v) is 7.82. The molecule has 1 aromatic rings. The van der Waals surface area contributed by atoms with E-state index in [2.05, 4.69) is 41.3 Å². The highest BCUT2D eigenvalue weighted by Crippen LogP contribution is 2.23. The van der Waals surface area contributed by atoms with E-state index in [4.69, 9.17) is 0 Å². The molecule has 0 aromatic heterocycles. The zero-order valence-corrected chi connectivity index (χ0v) is 13.5. The zero-order valence-electron chi connectivity index (χ0n) is 13.5. The molecule has 4 nitrogen and oxygen atoms in total. The van der Waals surface area contributed by atoms with E-state index < -0.39 is 0 Å². The second kappa shape index (κ2) is 7.36. The molecule has 1 aliphatic rings. The monoisotopic (exact) mass is 291 g/mol. The predicted octanol–water partition coefficient (Wildman–Crippen LogP) is 0.977. The third-order valence-corrected chi connectivity index (χ3v) is 4.67. The predicted molar refractivity (Wildman–Crippen MR) is 87.4 cm³/mol. The van der Waals surface area contributed by atoms with Crippen LogP contribution in [0.15, 0.2) is 30.3 Å². The molecule has 0 spiro atoms. The van der Waals surface area contributed by atoms with Crippen molar-refractivity contribution < 1.29 is 5.11 Å². The van der Waals surface area contributed by atoms with Gasteiger partial charge in [-0.2, -0.15) is 0 Å². The van der Waals surface area contributed by atoms with Crippen LogP contribution in [0.25, 0.3) is 0 Å². The van der Waals surface area contributed by atoms with Crippen molar-refractivity contribution in [1.29, 1.82) is 0 Å². The summed E-state index contributed by atoms with van der Waals surface area (Å²) in [7, 11) is 6.28. The summed E-state index contributed by atoms with van der Waals surface area (Å²) in [6.07, 6.45) is 1.28. The van der Waals surface area contributed by atoms with Gasteiger partial charge in [-0.25, -0.2) is 0 Å². The number of likely N-dealkylation sites (N-methyl/N-ethyl adjacent to an activating group) is 2. The van der Waals surface area contributed by atoms with Gasteiger partial charge in [0, 0.05) is 19.6 Å². The van der Waals surface area contributed by atoms with Crippen LogP contribution in [0.5, 0.6) is 0 Å². The van der Waals surface area contributed by atoms with Crippen LogP contribution in [-0.4, -0.2) is 68.8 Å². The summed E-state index contributed by atoms with van der Waals surface area (Å²) in [4.78, 5) is 4.75. The molecule has 0 radical (unpaired) electrons. The van der Waals surface area contributed by atoms with E-state index in [1.807, 2.05) is 25.2 Å². The molecule has 21 heavy (non-hydrogen) atoms. The molecule has 1 fully saturated rings. The Morgan fingerprint density at radius 1 is 1.38 bits per heavy atom. The number of nitrogens with zero attached hydrogens (tertiary/aromatic N) is 2. The number of aliphatic hydroxyl groups excluding tert-OH is 1. The highest BCUT2D eigenvalue weighted by molar-refractivity contribution is 5.25. The maximum atomic E-state index is 9.98. The smallest absolute Gasteiger partial charge is 0.0795 e. The van der Waals surface area contributed by atoms with Gasteiger partial charge in [0.05, 0.1) is 12.1 Å². The van der Waals surface area contributed by atoms with Crippen LogP contribution < -0.4 is 5.32 Å². The number of likely N-dealkylation sites (tertiary alicyclic amines) is 1. The fraction of sp³-hybridized carbons (Fsp3) is 0.647. The summed E-state index contributed by atoms with van der Waals surface area (Å²) in [6.45, 7) is 4.38. The maximum absolute atomic E-state index is 9.98. The van der Waals surface area contributed by atoms with E-state index in [-0.39, 0.29) is 12.1 Å². The second-order valence-electron chi connectivity index (χ2n) is 6.47. The number of rotatable bonds is 7. The minimum absolute atomic E-state index is 0.0996. The minimum Gasteiger partial charge on any atom is -0.394 e. The molecule has 1 saturated heterocycles. The Morgan fingerprint density at radius 3 is 2.62 bits per heavy atom. The second-order valence-corrected chi connectivity index (χ2v) is 6.47. The lowest BCUT2D eigenvalue weighted by molar-refractivity contribution is 0.117. The Bertz CT molecular complexity index is 419. The van der Waals surface area contributed by atoms with Gasteiger partial charge in [0.15, 0.2) is 0 Å². The van der Waals surface area contributed by atoms with Crippen LogP contribution in [-0.2, 0) is 5.54 Å². The van der Waals surface area contributed by atoms with Crippen LogP contribution in [0.2, 0.25) is 0 Å². The molecule has 2 rings (SSSR count). The zero-order chi connectivity index (χ0) is 15.3. The van der Waals surface area contributed by atoms with Gasteiger partial charge in [0.1, 0.15) is 0 Å². The van der Waals surface area contributed by atoms with E-state index in [1.165, 1.54) is 19.5 Å². The van der Waals surface area contributed by atoms with Crippen molar-refractivity contribution in [1.82, 2.24) is 15.1 Å². The van der Waals surface area contributed by atoms with Crippen molar-refractivity contribution in [2.45, 2.75) is 12.0 Å². The third-order valence-electron chi connectivity index (χ3n) is 4.67. The van der Waals surface area contributed by atoms with Gasteiger partial charge in [-0.15, -0.1) is 0 Å². The van der Waals surface area contributed by atoms with Crippen LogP contribution >= 0.6 is 0 Å². The lowest BCUT2D eigenvalue weighted by Crippen LogP contribution is -2.52. The van der Waals surface area contributed by atoms with E-state index in [9.17, 15) is 5.11 Å². The van der Waals surface area contributed by atoms with Crippen molar-refractivity contribution in [3.63, 3.8) is 0 Å². The molecule has 1 aromatic carbocycles. The van der Waals surface area contributed by atoms with Gasteiger partial charge in [0.25, 0.3) is 0 Å². The summed E-state index contributed by atoms with van der Waals surface area (Å²) in [5, 5.41) is 13.3. The minimum atomic E-state index is -0.388. The van der Waals surface area contributed by atoms with Crippen LogP contribution in [0.1, 0.15) is 12.0 Å². The molecule has 0 bridgehead atoms. The third kappa shape index (κ3) is 4.04. The van der Waals surface area contributed by atoms with Crippen molar-refractivity contribution in [3.8, 4) is 0 Å². The summed E-state index contributed by atoms with van der Waals surface area (Å²) >= 11 is 0. The quantitative estimate of drug-likeness (QED) is 0.785. The molecule has 0 amide bonds. The molecule has 2 atom stereocenters. The van der Waals surface area contributed by atoms with E-state index >= 15 is 0 Å². The fourth-order valence-electron chi connectivity index (χ4n) is 3.43. The number of nitrogens with one attached hydrogen (secondary N) is 1. The standard InChI is InChI=1S/C17H29N3O/c1-18-17(14-21,16-7-5-4-6-8-16)13-20(3)12-15-9-10-19(2)11-15/h4-8,15,18,21H,9-14H2,1-3H3. The largest absolute Gasteiger partial charge is 0.394 e. The van der Waals surface area contributed by atoms with Gasteiger partial charge >= 0.3 is 0 Å². The van der Waals surface area contributed by atoms with Crippen molar-refractivity contribution in [3.05, 3.63) is 35.9 Å². The Hall–Kier alpha value is -0.940. The Morgan fingerprint density at radius 2 is 2.10 bits per heavy atom. The summed E-state index contributed by atoms with van der Waals surface area (Å²) < 4.78 is 0. The first-order valence-electron chi connectivity index (χ1n) is 7.82. The van der Waals surface area contributed by atoms with Crippen molar-refractivity contribution in [2.75, 3.05) is 53.9 Å². The first-order chi connectivity index (χ1) is 10.1. The lowest BCUT2D eigenvalue weighted by atomic mass is 9.90. The Labute approximate surface area is 128 Å². The number of hydrogen-bond acceptors (Lipinski definition) is 4.